The largest absolute Gasteiger partial charge is 0.329 e. The van der Waals surface area contributed by atoms with Crippen molar-refractivity contribution in [2.24, 2.45) is 0 Å². The summed E-state index contributed by atoms with van der Waals surface area (Å²) >= 11 is 0. The summed E-state index contributed by atoms with van der Waals surface area (Å²) < 4.78 is 2.34. The van der Waals surface area contributed by atoms with Crippen molar-refractivity contribution in [2.45, 2.75) is 39.3 Å². The molecule has 0 unspecified atom stereocenters. The average Bonchev–Trinajstić information content (AvgIpc) is 2.45. The maximum atomic E-state index is 4.49. The van der Waals surface area contributed by atoms with Crippen LogP contribution in [0.4, 0.5) is 0 Å². The monoisotopic (exact) mass is 179 g/mol. The van der Waals surface area contributed by atoms with Crippen molar-refractivity contribution in [1.82, 2.24) is 14.9 Å². The van der Waals surface area contributed by atoms with E-state index in [2.05, 4.69) is 35.6 Å². The average molecular weight is 179 g/mol. The number of nitrogens with one attached hydrogen (secondary N) is 1. The van der Waals surface area contributed by atoms with Gasteiger partial charge in [0, 0.05) is 31.2 Å². The third-order valence-electron chi connectivity index (χ3n) is 2.43. The second-order valence-electron chi connectivity index (χ2n) is 4.65. The van der Waals surface area contributed by atoms with E-state index in [4.69, 9.17) is 0 Å². The van der Waals surface area contributed by atoms with Gasteiger partial charge in [-0.1, -0.05) is 20.8 Å². The third-order valence-corrected chi connectivity index (χ3v) is 2.43. The van der Waals surface area contributed by atoms with Gasteiger partial charge in [-0.3, -0.25) is 0 Å². The Kier molecular flexibility index (Phi) is 1.91. The topological polar surface area (TPSA) is 29.9 Å². The molecule has 2 heterocycles. The van der Waals surface area contributed by atoms with Crippen LogP contribution in [0.2, 0.25) is 0 Å². The second kappa shape index (κ2) is 2.84. The lowest BCUT2D eigenvalue weighted by molar-refractivity contribution is 0.449. The fraction of sp³-hybridized carbons (Fsp3) is 0.700. The van der Waals surface area contributed by atoms with E-state index in [0.29, 0.717) is 0 Å². The molecule has 0 radical (unpaired) electrons. The quantitative estimate of drug-likeness (QED) is 0.650. The normalized spacial score (nSPS) is 17.2. The maximum absolute atomic E-state index is 4.49. The van der Waals surface area contributed by atoms with Gasteiger partial charge in [0.05, 0.1) is 5.69 Å². The zero-order valence-corrected chi connectivity index (χ0v) is 8.59. The van der Waals surface area contributed by atoms with Crippen LogP contribution in [0.25, 0.3) is 0 Å². The lowest BCUT2D eigenvalue weighted by Gasteiger charge is -2.24. The molecule has 3 nitrogen and oxygen atoms in total. The van der Waals surface area contributed by atoms with E-state index in [0.717, 1.165) is 19.6 Å². The zero-order chi connectivity index (χ0) is 9.47. The highest BCUT2D eigenvalue weighted by atomic mass is 15.1. The van der Waals surface area contributed by atoms with Crippen LogP contribution in [-0.2, 0) is 18.5 Å². The Balaban J connectivity index is 2.43. The third kappa shape index (κ3) is 1.48. The van der Waals surface area contributed by atoms with E-state index >= 15 is 0 Å². The van der Waals surface area contributed by atoms with E-state index in [9.17, 15) is 0 Å². The minimum atomic E-state index is 0.162. The Morgan fingerprint density at radius 2 is 2.23 bits per heavy atom. The Morgan fingerprint density at radius 1 is 1.46 bits per heavy atom. The molecule has 0 aliphatic carbocycles. The summed E-state index contributed by atoms with van der Waals surface area (Å²) in [5.74, 6) is 1.21. The molecule has 13 heavy (non-hydrogen) atoms. The summed E-state index contributed by atoms with van der Waals surface area (Å²) in [5, 5.41) is 3.34. The van der Waals surface area contributed by atoms with Crippen molar-refractivity contribution in [3.63, 3.8) is 0 Å². The highest BCUT2D eigenvalue weighted by molar-refractivity contribution is 5.13. The van der Waals surface area contributed by atoms with Crippen molar-refractivity contribution in [2.75, 3.05) is 6.54 Å². The summed E-state index contributed by atoms with van der Waals surface area (Å²) in [6, 6.07) is 0. The molecule has 0 saturated carbocycles. The number of rotatable bonds is 0. The van der Waals surface area contributed by atoms with Crippen LogP contribution in [0.5, 0.6) is 0 Å². The van der Waals surface area contributed by atoms with Gasteiger partial charge in [0.1, 0.15) is 5.82 Å². The molecule has 0 spiro atoms. The summed E-state index contributed by atoms with van der Waals surface area (Å²) in [7, 11) is 0. The van der Waals surface area contributed by atoms with Crippen molar-refractivity contribution in [3.8, 4) is 0 Å². The molecule has 1 aromatic rings. The first kappa shape index (κ1) is 8.75. The molecule has 72 valence electrons. The molecule has 1 aliphatic rings. The number of fused-ring (bicyclic) bond motifs is 1. The van der Waals surface area contributed by atoms with Crippen LogP contribution in [0.1, 0.15) is 32.3 Å². The fourth-order valence-corrected chi connectivity index (χ4v) is 1.81. The summed E-state index contributed by atoms with van der Waals surface area (Å²) in [6.45, 7) is 9.72. The van der Waals surface area contributed by atoms with Crippen molar-refractivity contribution in [3.05, 3.63) is 17.7 Å². The second-order valence-corrected chi connectivity index (χ2v) is 4.65. The maximum Gasteiger partial charge on any atom is 0.114 e. The molecular formula is C10H17N3. The molecular weight excluding hydrogens is 162 g/mol. The van der Waals surface area contributed by atoms with Gasteiger partial charge >= 0.3 is 0 Å². The van der Waals surface area contributed by atoms with Crippen LogP contribution in [0.3, 0.4) is 0 Å². The Morgan fingerprint density at radius 3 is 2.92 bits per heavy atom. The first-order chi connectivity index (χ1) is 6.09. The van der Waals surface area contributed by atoms with E-state index in [1.54, 1.807) is 0 Å². The lowest BCUT2D eigenvalue weighted by atomic mass is 9.95. The number of imidazole rings is 1. The van der Waals surface area contributed by atoms with Crippen LogP contribution < -0.4 is 5.32 Å². The smallest absolute Gasteiger partial charge is 0.114 e. The van der Waals surface area contributed by atoms with Crippen molar-refractivity contribution in [1.29, 1.82) is 0 Å². The molecule has 1 aliphatic heterocycles. The van der Waals surface area contributed by atoms with Crippen LogP contribution in [-0.4, -0.2) is 16.1 Å². The highest BCUT2D eigenvalue weighted by Gasteiger charge is 2.23. The molecule has 0 saturated heterocycles. The molecule has 3 heteroatoms. The fourth-order valence-electron chi connectivity index (χ4n) is 1.81. The Bertz CT molecular complexity index is 306. The lowest BCUT2D eigenvalue weighted by Crippen LogP contribution is -2.31. The van der Waals surface area contributed by atoms with E-state index in [-0.39, 0.29) is 5.41 Å². The number of hydrogen-bond acceptors (Lipinski definition) is 2. The van der Waals surface area contributed by atoms with Gasteiger partial charge < -0.3 is 9.88 Å². The minimum absolute atomic E-state index is 0.162. The van der Waals surface area contributed by atoms with Gasteiger partial charge in [-0.15, -0.1) is 0 Å². The van der Waals surface area contributed by atoms with Gasteiger partial charge in [0.15, 0.2) is 0 Å². The molecule has 0 amide bonds. The zero-order valence-electron chi connectivity index (χ0n) is 8.59. The van der Waals surface area contributed by atoms with Gasteiger partial charge in [-0.05, 0) is 0 Å². The first-order valence-electron chi connectivity index (χ1n) is 4.84. The number of hydrogen-bond donors (Lipinski definition) is 1. The number of nitrogens with zero attached hydrogens (tertiary/aromatic N) is 2. The SMILES string of the molecule is CC(C)(C)c1ncc2n1CCNC2. The van der Waals surface area contributed by atoms with Crippen LogP contribution in [0.15, 0.2) is 6.20 Å². The van der Waals surface area contributed by atoms with Gasteiger partial charge in [-0.25, -0.2) is 4.98 Å². The van der Waals surface area contributed by atoms with Crippen LogP contribution >= 0.6 is 0 Å². The molecule has 0 bridgehead atoms. The first-order valence-corrected chi connectivity index (χ1v) is 4.84. The molecule has 1 N–H and O–H groups in total. The predicted molar refractivity (Wildman–Crippen MR) is 52.6 cm³/mol. The molecule has 0 fully saturated rings. The molecule has 0 aromatic carbocycles. The van der Waals surface area contributed by atoms with E-state index in [1.807, 2.05) is 6.20 Å². The molecule has 1 aromatic heterocycles. The van der Waals surface area contributed by atoms with Gasteiger partial charge in [0.2, 0.25) is 0 Å². The van der Waals surface area contributed by atoms with E-state index < -0.39 is 0 Å². The standard InChI is InChI=1S/C10H17N3/c1-10(2,3)9-12-7-8-6-11-4-5-13(8)9/h7,11H,4-6H2,1-3H3. The Labute approximate surface area is 79.2 Å². The Hall–Kier alpha value is -0.830. The van der Waals surface area contributed by atoms with Crippen LogP contribution in [0, 0.1) is 0 Å². The predicted octanol–water partition coefficient (Wildman–Crippen LogP) is 1.28. The van der Waals surface area contributed by atoms with Crippen molar-refractivity contribution >= 4 is 0 Å². The summed E-state index contributed by atoms with van der Waals surface area (Å²) in [4.78, 5) is 4.49. The van der Waals surface area contributed by atoms with Crippen molar-refractivity contribution < 1.29 is 0 Å². The molecule has 2 rings (SSSR count). The number of aromatic nitrogens is 2. The highest BCUT2D eigenvalue weighted by Crippen LogP contribution is 2.22. The summed E-state index contributed by atoms with van der Waals surface area (Å²) in [5.41, 5.74) is 1.48. The van der Waals surface area contributed by atoms with Gasteiger partial charge in [0.25, 0.3) is 0 Å². The minimum Gasteiger partial charge on any atom is -0.329 e. The summed E-state index contributed by atoms with van der Waals surface area (Å²) in [6.07, 6.45) is 1.99. The van der Waals surface area contributed by atoms with Gasteiger partial charge in [-0.2, -0.15) is 0 Å². The molecule has 0 atom stereocenters. The van der Waals surface area contributed by atoms with E-state index in [1.165, 1.54) is 11.5 Å².